The zero-order chi connectivity index (χ0) is 10.3. The van der Waals surface area contributed by atoms with Gasteiger partial charge in [0.25, 0.3) is 0 Å². The zero-order valence-corrected chi connectivity index (χ0v) is 9.05. The fraction of sp³-hybridized carbons (Fsp3) is 0.400. The fourth-order valence-corrected chi connectivity index (χ4v) is 2.45. The number of nitrogens with zero attached hydrogens (tertiary/aromatic N) is 2. The first-order valence-electron chi connectivity index (χ1n) is 4.99. The number of fused-ring (bicyclic) bond motifs is 1. The van der Waals surface area contributed by atoms with Crippen molar-refractivity contribution in [1.29, 1.82) is 0 Å². The maximum absolute atomic E-state index is 5.73. The van der Waals surface area contributed by atoms with Crippen molar-refractivity contribution in [1.82, 2.24) is 9.97 Å². The van der Waals surface area contributed by atoms with E-state index in [-0.39, 0.29) is 5.54 Å². The molecule has 0 bridgehead atoms. The van der Waals surface area contributed by atoms with Gasteiger partial charge >= 0.3 is 0 Å². The Morgan fingerprint density at radius 1 is 1.47 bits per heavy atom. The molecule has 0 aliphatic heterocycles. The molecule has 0 unspecified atom stereocenters. The SMILES string of the molecule is NCC1(Nc2ncnc3ccsc23)CC1. The van der Waals surface area contributed by atoms with Gasteiger partial charge in [0.1, 0.15) is 12.1 Å². The number of thiophene rings is 1. The molecule has 0 saturated heterocycles. The van der Waals surface area contributed by atoms with E-state index in [9.17, 15) is 0 Å². The third-order valence-corrected chi connectivity index (χ3v) is 3.78. The van der Waals surface area contributed by atoms with E-state index in [2.05, 4.69) is 15.3 Å². The van der Waals surface area contributed by atoms with Crippen LogP contribution in [-0.2, 0) is 0 Å². The summed E-state index contributed by atoms with van der Waals surface area (Å²) in [6, 6.07) is 2.01. The van der Waals surface area contributed by atoms with E-state index in [0.717, 1.165) is 28.9 Å². The Balaban J connectivity index is 2.00. The molecule has 0 amide bonds. The number of rotatable bonds is 3. The molecule has 0 atom stereocenters. The van der Waals surface area contributed by atoms with E-state index < -0.39 is 0 Å². The first-order chi connectivity index (χ1) is 7.33. The molecule has 1 saturated carbocycles. The van der Waals surface area contributed by atoms with Gasteiger partial charge in [0.05, 0.1) is 15.8 Å². The van der Waals surface area contributed by atoms with Crippen LogP contribution in [0, 0.1) is 0 Å². The standard InChI is InChI=1S/C10H12N4S/c11-5-10(2-3-10)14-9-8-7(1-4-15-8)12-6-13-9/h1,4,6H,2-3,5,11H2,(H,12,13,14). The average molecular weight is 220 g/mol. The Labute approximate surface area is 91.5 Å². The van der Waals surface area contributed by atoms with Crippen molar-refractivity contribution in [3.63, 3.8) is 0 Å². The third kappa shape index (κ3) is 1.48. The van der Waals surface area contributed by atoms with Crippen LogP contribution >= 0.6 is 11.3 Å². The summed E-state index contributed by atoms with van der Waals surface area (Å²) in [4.78, 5) is 8.49. The highest BCUT2D eigenvalue weighted by Crippen LogP contribution is 2.39. The van der Waals surface area contributed by atoms with Crippen LogP contribution in [0.25, 0.3) is 10.2 Å². The normalized spacial score (nSPS) is 17.9. The fourth-order valence-electron chi connectivity index (χ4n) is 1.66. The zero-order valence-electron chi connectivity index (χ0n) is 8.23. The number of hydrogen-bond donors (Lipinski definition) is 2. The highest BCUT2D eigenvalue weighted by Gasteiger charge is 2.41. The lowest BCUT2D eigenvalue weighted by molar-refractivity contribution is 0.738. The number of hydrogen-bond acceptors (Lipinski definition) is 5. The summed E-state index contributed by atoms with van der Waals surface area (Å²) in [6.45, 7) is 0.671. The summed E-state index contributed by atoms with van der Waals surface area (Å²) in [5.41, 5.74) is 6.84. The van der Waals surface area contributed by atoms with Crippen molar-refractivity contribution in [3.8, 4) is 0 Å². The van der Waals surface area contributed by atoms with Crippen molar-refractivity contribution in [3.05, 3.63) is 17.8 Å². The maximum Gasteiger partial charge on any atom is 0.147 e. The van der Waals surface area contributed by atoms with Gasteiger partial charge in [0.2, 0.25) is 0 Å². The van der Waals surface area contributed by atoms with Gasteiger partial charge in [-0.1, -0.05) is 0 Å². The minimum atomic E-state index is 0.102. The van der Waals surface area contributed by atoms with Crippen molar-refractivity contribution >= 4 is 27.4 Å². The molecule has 3 N–H and O–H groups in total. The molecule has 0 radical (unpaired) electrons. The van der Waals surface area contributed by atoms with Crippen molar-refractivity contribution in [2.45, 2.75) is 18.4 Å². The van der Waals surface area contributed by atoms with Gasteiger partial charge in [-0.25, -0.2) is 9.97 Å². The molecule has 4 nitrogen and oxygen atoms in total. The molecule has 1 aliphatic carbocycles. The summed E-state index contributed by atoms with van der Waals surface area (Å²) >= 11 is 1.66. The number of anilines is 1. The molecule has 1 aliphatic rings. The molecule has 5 heteroatoms. The lowest BCUT2D eigenvalue weighted by Crippen LogP contribution is -2.31. The maximum atomic E-state index is 5.73. The Bertz CT molecular complexity index is 489. The quantitative estimate of drug-likeness (QED) is 0.824. The molecular weight excluding hydrogens is 208 g/mol. The molecule has 2 aromatic heterocycles. The molecule has 0 aromatic carbocycles. The Morgan fingerprint density at radius 3 is 3.07 bits per heavy atom. The Kier molecular flexibility index (Phi) is 1.90. The molecule has 0 spiro atoms. The van der Waals surface area contributed by atoms with Crippen LogP contribution in [0.4, 0.5) is 5.82 Å². The van der Waals surface area contributed by atoms with Crippen LogP contribution < -0.4 is 11.1 Å². The largest absolute Gasteiger partial charge is 0.362 e. The van der Waals surface area contributed by atoms with Gasteiger partial charge in [-0.15, -0.1) is 11.3 Å². The van der Waals surface area contributed by atoms with Gasteiger partial charge in [-0.3, -0.25) is 0 Å². The molecule has 2 aromatic rings. The van der Waals surface area contributed by atoms with E-state index >= 15 is 0 Å². The predicted octanol–water partition coefficient (Wildman–Crippen LogP) is 1.59. The van der Waals surface area contributed by atoms with E-state index in [4.69, 9.17) is 5.73 Å². The molecule has 3 rings (SSSR count). The number of aromatic nitrogens is 2. The monoisotopic (exact) mass is 220 g/mol. The smallest absolute Gasteiger partial charge is 0.147 e. The molecule has 2 heterocycles. The highest BCUT2D eigenvalue weighted by atomic mass is 32.1. The second-order valence-corrected chi connectivity index (χ2v) is 4.88. The lowest BCUT2D eigenvalue weighted by Gasteiger charge is -2.15. The lowest BCUT2D eigenvalue weighted by atomic mass is 10.2. The van der Waals surface area contributed by atoms with Gasteiger partial charge in [-0.2, -0.15) is 0 Å². The van der Waals surface area contributed by atoms with E-state index in [1.807, 2.05) is 11.4 Å². The number of nitrogens with two attached hydrogens (primary N) is 1. The molecular formula is C10H12N4S. The van der Waals surface area contributed by atoms with Crippen LogP contribution in [0.1, 0.15) is 12.8 Å². The molecule has 78 valence electrons. The second-order valence-electron chi connectivity index (χ2n) is 3.97. The van der Waals surface area contributed by atoms with Crippen LogP contribution in [0.3, 0.4) is 0 Å². The van der Waals surface area contributed by atoms with Crippen molar-refractivity contribution in [2.24, 2.45) is 5.73 Å². The Morgan fingerprint density at radius 2 is 2.33 bits per heavy atom. The topological polar surface area (TPSA) is 63.8 Å². The summed E-state index contributed by atoms with van der Waals surface area (Å²) in [7, 11) is 0. The van der Waals surface area contributed by atoms with Gasteiger partial charge < -0.3 is 11.1 Å². The number of nitrogens with one attached hydrogen (secondary N) is 1. The van der Waals surface area contributed by atoms with Gasteiger partial charge in [0, 0.05) is 6.54 Å². The van der Waals surface area contributed by atoms with Crippen LogP contribution in [0.2, 0.25) is 0 Å². The molecule has 15 heavy (non-hydrogen) atoms. The summed E-state index contributed by atoms with van der Waals surface area (Å²) < 4.78 is 1.12. The van der Waals surface area contributed by atoms with E-state index in [1.54, 1.807) is 17.7 Å². The van der Waals surface area contributed by atoms with E-state index in [0.29, 0.717) is 6.54 Å². The van der Waals surface area contributed by atoms with Crippen LogP contribution in [0.5, 0.6) is 0 Å². The summed E-state index contributed by atoms with van der Waals surface area (Å²) in [6.07, 6.45) is 3.88. The predicted molar refractivity (Wildman–Crippen MR) is 62.1 cm³/mol. The van der Waals surface area contributed by atoms with Crippen LogP contribution in [-0.4, -0.2) is 22.1 Å². The minimum Gasteiger partial charge on any atom is -0.362 e. The Hall–Kier alpha value is -1.20. The van der Waals surface area contributed by atoms with Crippen molar-refractivity contribution in [2.75, 3.05) is 11.9 Å². The van der Waals surface area contributed by atoms with Crippen LogP contribution in [0.15, 0.2) is 17.8 Å². The first kappa shape index (κ1) is 9.06. The van der Waals surface area contributed by atoms with Crippen molar-refractivity contribution < 1.29 is 0 Å². The average Bonchev–Trinajstić information content (AvgIpc) is 2.87. The van der Waals surface area contributed by atoms with Gasteiger partial charge in [-0.05, 0) is 24.3 Å². The highest BCUT2D eigenvalue weighted by molar-refractivity contribution is 7.17. The summed E-state index contributed by atoms with van der Waals surface area (Å²) in [5.74, 6) is 0.929. The molecule has 1 fully saturated rings. The summed E-state index contributed by atoms with van der Waals surface area (Å²) in [5, 5.41) is 5.48. The third-order valence-electron chi connectivity index (χ3n) is 2.87. The second kappa shape index (κ2) is 3.15. The van der Waals surface area contributed by atoms with E-state index in [1.165, 1.54) is 0 Å². The first-order valence-corrected chi connectivity index (χ1v) is 5.87. The van der Waals surface area contributed by atoms with Gasteiger partial charge in [0.15, 0.2) is 0 Å². The minimum absolute atomic E-state index is 0.102.